The summed E-state index contributed by atoms with van der Waals surface area (Å²) < 4.78 is 0. The van der Waals surface area contributed by atoms with E-state index in [-0.39, 0.29) is 12.3 Å². The van der Waals surface area contributed by atoms with Crippen LogP contribution in [0.15, 0.2) is 24.3 Å². The molecule has 0 bridgehead atoms. The standard InChI is InChI=1S/C14H19N3O3/c18-13(10-17-6-4-15-5-7-17)16-12-3-1-2-11(8-12)9-14(19)20/h1-3,8,15H,4-7,9-10H2,(H,16,18)(H,19,20). The lowest BCUT2D eigenvalue weighted by Gasteiger charge is -2.26. The average molecular weight is 277 g/mol. The van der Waals surface area contributed by atoms with Crippen LogP contribution in [-0.4, -0.2) is 54.6 Å². The third-order valence-corrected chi connectivity index (χ3v) is 3.14. The number of carbonyl (C=O) groups is 2. The minimum atomic E-state index is -0.880. The van der Waals surface area contributed by atoms with E-state index in [1.165, 1.54) is 0 Å². The Morgan fingerprint density at radius 2 is 2.05 bits per heavy atom. The minimum Gasteiger partial charge on any atom is -0.481 e. The van der Waals surface area contributed by atoms with Gasteiger partial charge in [-0.1, -0.05) is 12.1 Å². The Bertz CT molecular complexity index is 484. The monoisotopic (exact) mass is 277 g/mol. The lowest BCUT2D eigenvalue weighted by Crippen LogP contribution is -2.46. The lowest BCUT2D eigenvalue weighted by molar-refractivity contribution is -0.136. The SMILES string of the molecule is O=C(O)Cc1cccc(NC(=O)CN2CCNCC2)c1. The van der Waals surface area contributed by atoms with Gasteiger partial charge in [0, 0.05) is 31.9 Å². The van der Waals surface area contributed by atoms with E-state index in [2.05, 4.69) is 15.5 Å². The second kappa shape index (κ2) is 7.02. The molecular formula is C14H19N3O3. The number of nitrogens with one attached hydrogen (secondary N) is 2. The van der Waals surface area contributed by atoms with Crippen LogP contribution in [0.3, 0.4) is 0 Å². The van der Waals surface area contributed by atoms with E-state index in [4.69, 9.17) is 5.11 Å². The third kappa shape index (κ3) is 4.64. The van der Waals surface area contributed by atoms with Gasteiger partial charge in [0.25, 0.3) is 0 Å². The molecule has 0 aromatic heterocycles. The first kappa shape index (κ1) is 14.5. The second-order valence-electron chi connectivity index (χ2n) is 4.85. The van der Waals surface area contributed by atoms with Crippen LogP contribution in [0, 0.1) is 0 Å². The highest BCUT2D eigenvalue weighted by Gasteiger charge is 2.13. The Labute approximate surface area is 117 Å². The summed E-state index contributed by atoms with van der Waals surface area (Å²) in [4.78, 5) is 24.7. The van der Waals surface area contributed by atoms with Crippen LogP contribution in [0.1, 0.15) is 5.56 Å². The maximum absolute atomic E-state index is 11.9. The summed E-state index contributed by atoms with van der Waals surface area (Å²) in [5.41, 5.74) is 1.32. The maximum Gasteiger partial charge on any atom is 0.307 e. The molecule has 0 saturated carbocycles. The van der Waals surface area contributed by atoms with E-state index < -0.39 is 5.97 Å². The largest absolute Gasteiger partial charge is 0.481 e. The van der Waals surface area contributed by atoms with Crippen LogP contribution >= 0.6 is 0 Å². The number of aliphatic carboxylic acids is 1. The van der Waals surface area contributed by atoms with Crippen molar-refractivity contribution in [2.75, 3.05) is 38.0 Å². The normalized spacial score (nSPS) is 15.8. The molecule has 0 unspecified atom stereocenters. The number of carbonyl (C=O) groups excluding carboxylic acids is 1. The van der Waals surface area contributed by atoms with Crippen molar-refractivity contribution >= 4 is 17.6 Å². The third-order valence-electron chi connectivity index (χ3n) is 3.14. The van der Waals surface area contributed by atoms with Gasteiger partial charge in [0.15, 0.2) is 0 Å². The summed E-state index contributed by atoms with van der Waals surface area (Å²) in [6.07, 6.45) is -0.0402. The molecular weight excluding hydrogens is 258 g/mol. The smallest absolute Gasteiger partial charge is 0.307 e. The molecule has 0 spiro atoms. The fourth-order valence-electron chi connectivity index (χ4n) is 2.21. The Morgan fingerprint density at radius 1 is 1.30 bits per heavy atom. The summed E-state index contributed by atoms with van der Waals surface area (Å²) >= 11 is 0. The number of carboxylic acid groups (broad SMARTS) is 1. The molecule has 0 atom stereocenters. The molecule has 1 aromatic carbocycles. The van der Waals surface area contributed by atoms with E-state index in [9.17, 15) is 9.59 Å². The second-order valence-corrected chi connectivity index (χ2v) is 4.85. The van der Waals surface area contributed by atoms with E-state index in [1.807, 2.05) is 0 Å². The van der Waals surface area contributed by atoms with Gasteiger partial charge in [-0.05, 0) is 17.7 Å². The van der Waals surface area contributed by atoms with Crippen LogP contribution < -0.4 is 10.6 Å². The molecule has 1 amide bonds. The first-order valence-corrected chi connectivity index (χ1v) is 6.67. The summed E-state index contributed by atoms with van der Waals surface area (Å²) in [6, 6.07) is 6.95. The molecule has 3 N–H and O–H groups in total. The van der Waals surface area contributed by atoms with Crippen molar-refractivity contribution in [3.05, 3.63) is 29.8 Å². The van der Waals surface area contributed by atoms with Crippen LogP contribution in [0.2, 0.25) is 0 Å². The zero-order valence-electron chi connectivity index (χ0n) is 11.3. The van der Waals surface area contributed by atoms with E-state index in [1.54, 1.807) is 24.3 Å². The molecule has 0 radical (unpaired) electrons. The summed E-state index contributed by atoms with van der Waals surface area (Å²) in [7, 11) is 0. The van der Waals surface area contributed by atoms with Crippen molar-refractivity contribution in [2.24, 2.45) is 0 Å². The Morgan fingerprint density at radius 3 is 2.75 bits per heavy atom. The number of anilines is 1. The fraction of sp³-hybridized carbons (Fsp3) is 0.429. The molecule has 1 aliphatic rings. The van der Waals surface area contributed by atoms with Gasteiger partial charge in [-0.3, -0.25) is 14.5 Å². The van der Waals surface area contributed by atoms with E-state index >= 15 is 0 Å². The molecule has 20 heavy (non-hydrogen) atoms. The number of piperazine rings is 1. The topological polar surface area (TPSA) is 81.7 Å². The highest BCUT2D eigenvalue weighted by atomic mass is 16.4. The van der Waals surface area contributed by atoms with Crippen molar-refractivity contribution in [1.82, 2.24) is 10.2 Å². The quantitative estimate of drug-likeness (QED) is 0.714. The molecule has 6 nitrogen and oxygen atoms in total. The van der Waals surface area contributed by atoms with Gasteiger partial charge >= 0.3 is 5.97 Å². The Hall–Kier alpha value is -1.92. The van der Waals surface area contributed by atoms with Crippen molar-refractivity contribution in [2.45, 2.75) is 6.42 Å². The van der Waals surface area contributed by atoms with Gasteiger partial charge in [0.05, 0.1) is 13.0 Å². The van der Waals surface area contributed by atoms with Crippen LogP contribution in [0.25, 0.3) is 0 Å². The average Bonchev–Trinajstić information content (AvgIpc) is 2.39. The molecule has 1 aliphatic heterocycles. The molecule has 1 heterocycles. The van der Waals surface area contributed by atoms with Gasteiger partial charge in [-0.2, -0.15) is 0 Å². The first-order chi connectivity index (χ1) is 9.63. The Balaban J connectivity index is 1.88. The molecule has 1 fully saturated rings. The van der Waals surface area contributed by atoms with Crippen molar-refractivity contribution in [1.29, 1.82) is 0 Å². The van der Waals surface area contributed by atoms with Gasteiger partial charge in [-0.15, -0.1) is 0 Å². The highest BCUT2D eigenvalue weighted by molar-refractivity contribution is 5.92. The van der Waals surface area contributed by atoms with Crippen LogP contribution in [0.4, 0.5) is 5.69 Å². The number of nitrogens with zero attached hydrogens (tertiary/aromatic N) is 1. The van der Waals surface area contributed by atoms with E-state index in [0.29, 0.717) is 17.8 Å². The molecule has 108 valence electrons. The molecule has 6 heteroatoms. The molecule has 2 rings (SSSR count). The summed E-state index contributed by atoms with van der Waals surface area (Å²) in [5.74, 6) is -0.950. The minimum absolute atomic E-state index is 0.0402. The van der Waals surface area contributed by atoms with Crippen molar-refractivity contribution < 1.29 is 14.7 Å². The van der Waals surface area contributed by atoms with Gasteiger partial charge < -0.3 is 15.7 Å². The van der Waals surface area contributed by atoms with Crippen molar-refractivity contribution in [3.63, 3.8) is 0 Å². The number of carboxylic acids is 1. The molecule has 1 saturated heterocycles. The van der Waals surface area contributed by atoms with Crippen LogP contribution in [-0.2, 0) is 16.0 Å². The molecule has 0 aliphatic carbocycles. The van der Waals surface area contributed by atoms with Crippen LogP contribution in [0.5, 0.6) is 0 Å². The first-order valence-electron chi connectivity index (χ1n) is 6.67. The zero-order valence-corrected chi connectivity index (χ0v) is 11.3. The van der Waals surface area contributed by atoms with Gasteiger partial charge in [-0.25, -0.2) is 0 Å². The fourth-order valence-corrected chi connectivity index (χ4v) is 2.21. The van der Waals surface area contributed by atoms with Crippen molar-refractivity contribution in [3.8, 4) is 0 Å². The number of hydrogen-bond donors (Lipinski definition) is 3. The number of rotatable bonds is 5. The zero-order chi connectivity index (χ0) is 14.4. The number of benzene rings is 1. The number of hydrogen-bond acceptors (Lipinski definition) is 4. The Kier molecular flexibility index (Phi) is 5.09. The predicted molar refractivity (Wildman–Crippen MR) is 75.7 cm³/mol. The molecule has 1 aromatic rings. The van der Waals surface area contributed by atoms with Gasteiger partial charge in [0.1, 0.15) is 0 Å². The highest BCUT2D eigenvalue weighted by Crippen LogP contribution is 2.11. The predicted octanol–water partition coefficient (Wildman–Crippen LogP) is 0.157. The maximum atomic E-state index is 11.9. The summed E-state index contributed by atoms with van der Waals surface area (Å²) in [6.45, 7) is 3.91. The van der Waals surface area contributed by atoms with Gasteiger partial charge in [0.2, 0.25) is 5.91 Å². The summed E-state index contributed by atoms with van der Waals surface area (Å²) in [5, 5.41) is 14.8. The number of amides is 1. The lowest BCUT2D eigenvalue weighted by atomic mass is 10.1. The van der Waals surface area contributed by atoms with E-state index in [0.717, 1.165) is 26.2 Å².